The molecule has 0 spiro atoms. The van der Waals surface area contributed by atoms with Gasteiger partial charge in [0.15, 0.2) is 5.17 Å². The summed E-state index contributed by atoms with van der Waals surface area (Å²) in [5.41, 5.74) is 3.02. The lowest BCUT2D eigenvalue weighted by Crippen LogP contribution is -2.29. The average Bonchev–Trinajstić information content (AvgIpc) is 2.87. The van der Waals surface area contributed by atoms with Crippen LogP contribution in [0.3, 0.4) is 0 Å². The molecule has 1 heterocycles. The van der Waals surface area contributed by atoms with Gasteiger partial charge in [0.25, 0.3) is 5.91 Å². The Morgan fingerprint density at radius 2 is 2.00 bits per heavy atom. The number of hydrogen-bond donors (Lipinski definition) is 3. The SMILES string of the molecule is CC(C)C1NN=C(NC(=O)c2ccccc2C(=O)O)S1. The molecule has 1 aliphatic heterocycles. The van der Waals surface area contributed by atoms with Crippen molar-refractivity contribution in [2.45, 2.75) is 19.2 Å². The number of aromatic carboxylic acids is 1. The third kappa shape index (κ3) is 3.11. The molecule has 7 heteroatoms. The third-order valence-electron chi connectivity index (χ3n) is 2.76. The van der Waals surface area contributed by atoms with Gasteiger partial charge in [-0.2, -0.15) is 5.10 Å². The van der Waals surface area contributed by atoms with Crippen LogP contribution < -0.4 is 10.7 Å². The Morgan fingerprint density at radius 1 is 1.35 bits per heavy atom. The van der Waals surface area contributed by atoms with Gasteiger partial charge in [-0.3, -0.25) is 15.5 Å². The summed E-state index contributed by atoms with van der Waals surface area (Å²) in [5, 5.41) is 16.3. The van der Waals surface area contributed by atoms with Crippen LogP contribution in [0, 0.1) is 5.92 Å². The molecule has 1 aromatic rings. The Labute approximate surface area is 120 Å². The summed E-state index contributed by atoms with van der Waals surface area (Å²) < 4.78 is 0. The number of carboxylic acids is 1. The van der Waals surface area contributed by atoms with E-state index in [0.29, 0.717) is 11.1 Å². The van der Waals surface area contributed by atoms with Crippen molar-refractivity contribution in [2.24, 2.45) is 11.0 Å². The van der Waals surface area contributed by atoms with E-state index < -0.39 is 11.9 Å². The lowest BCUT2D eigenvalue weighted by molar-refractivity contribution is 0.0691. The molecule has 1 atom stereocenters. The van der Waals surface area contributed by atoms with Gasteiger partial charge in [0.05, 0.1) is 16.5 Å². The Bertz CT molecular complexity index is 572. The predicted molar refractivity (Wildman–Crippen MR) is 77.7 cm³/mol. The first-order valence-electron chi connectivity index (χ1n) is 6.12. The van der Waals surface area contributed by atoms with Gasteiger partial charge in [0.1, 0.15) is 0 Å². The number of carbonyl (C=O) groups is 2. The van der Waals surface area contributed by atoms with Gasteiger partial charge >= 0.3 is 5.97 Å². The van der Waals surface area contributed by atoms with E-state index in [2.05, 4.69) is 15.8 Å². The summed E-state index contributed by atoms with van der Waals surface area (Å²) in [4.78, 5) is 23.2. The van der Waals surface area contributed by atoms with Crippen molar-refractivity contribution >= 4 is 28.8 Å². The van der Waals surface area contributed by atoms with Gasteiger partial charge in [-0.05, 0) is 18.1 Å². The molecular formula is C13H15N3O3S. The molecule has 2 rings (SSSR count). The quantitative estimate of drug-likeness (QED) is 0.789. The van der Waals surface area contributed by atoms with Crippen LogP contribution in [-0.2, 0) is 0 Å². The van der Waals surface area contributed by atoms with Gasteiger partial charge < -0.3 is 5.11 Å². The fourth-order valence-electron chi connectivity index (χ4n) is 1.67. The van der Waals surface area contributed by atoms with E-state index in [4.69, 9.17) is 5.11 Å². The molecule has 1 unspecified atom stereocenters. The monoisotopic (exact) mass is 293 g/mol. The van der Waals surface area contributed by atoms with E-state index in [9.17, 15) is 9.59 Å². The number of hydrazone groups is 1. The fourth-order valence-corrected chi connectivity index (χ4v) is 2.54. The summed E-state index contributed by atoms with van der Waals surface area (Å²) in [5.74, 6) is -1.24. The highest BCUT2D eigenvalue weighted by Crippen LogP contribution is 2.22. The van der Waals surface area contributed by atoms with Gasteiger partial charge in [-0.15, -0.1) is 0 Å². The van der Waals surface area contributed by atoms with Gasteiger partial charge in [-0.25, -0.2) is 4.79 Å². The van der Waals surface area contributed by atoms with Crippen LogP contribution >= 0.6 is 11.8 Å². The van der Waals surface area contributed by atoms with Crippen LogP contribution in [0.5, 0.6) is 0 Å². The van der Waals surface area contributed by atoms with Crippen molar-refractivity contribution < 1.29 is 14.7 Å². The van der Waals surface area contributed by atoms with Crippen molar-refractivity contribution in [2.75, 3.05) is 0 Å². The number of nitrogens with zero attached hydrogens (tertiary/aromatic N) is 1. The van der Waals surface area contributed by atoms with Crippen LogP contribution in [0.1, 0.15) is 34.6 Å². The maximum Gasteiger partial charge on any atom is 0.336 e. The Balaban J connectivity index is 2.09. The van der Waals surface area contributed by atoms with Crippen molar-refractivity contribution in [3.8, 4) is 0 Å². The predicted octanol–water partition coefficient (Wildman–Crippen LogP) is 1.70. The molecular weight excluding hydrogens is 278 g/mol. The first-order chi connectivity index (χ1) is 9.49. The number of thioether (sulfide) groups is 1. The normalized spacial score (nSPS) is 17.6. The average molecular weight is 293 g/mol. The standard InChI is InChI=1S/C13H15N3O3S/c1-7(2)11-15-16-13(20-11)14-10(17)8-5-3-4-6-9(8)12(18)19/h3-7,11,15H,1-2H3,(H,18,19)(H,14,16,17). The molecule has 0 aliphatic carbocycles. The zero-order chi connectivity index (χ0) is 14.7. The highest BCUT2D eigenvalue weighted by molar-refractivity contribution is 8.14. The van der Waals surface area contributed by atoms with E-state index >= 15 is 0 Å². The maximum absolute atomic E-state index is 12.1. The molecule has 20 heavy (non-hydrogen) atoms. The first-order valence-corrected chi connectivity index (χ1v) is 7.00. The molecule has 106 valence electrons. The van der Waals surface area contributed by atoms with Crippen molar-refractivity contribution in [1.82, 2.24) is 10.7 Å². The van der Waals surface area contributed by atoms with Crippen LogP contribution in [-0.4, -0.2) is 27.5 Å². The summed E-state index contributed by atoms with van der Waals surface area (Å²) in [6, 6.07) is 6.08. The molecule has 0 fully saturated rings. The molecule has 6 nitrogen and oxygen atoms in total. The number of hydrogen-bond acceptors (Lipinski definition) is 5. The number of amidine groups is 1. The summed E-state index contributed by atoms with van der Waals surface area (Å²) in [6.07, 6.45) is 0. The van der Waals surface area contributed by atoms with E-state index in [1.54, 1.807) is 12.1 Å². The number of benzene rings is 1. The first kappa shape index (κ1) is 14.4. The Morgan fingerprint density at radius 3 is 2.55 bits per heavy atom. The Hall–Kier alpha value is -2.02. The van der Waals surface area contributed by atoms with Crippen LogP contribution in [0.15, 0.2) is 29.4 Å². The highest BCUT2D eigenvalue weighted by atomic mass is 32.2. The molecule has 0 bridgehead atoms. The molecule has 3 N–H and O–H groups in total. The summed E-state index contributed by atoms with van der Waals surface area (Å²) in [7, 11) is 0. The van der Waals surface area contributed by atoms with Crippen molar-refractivity contribution in [1.29, 1.82) is 0 Å². The fraction of sp³-hybridized carbons (Fsp3) is 0.308. The number of carboxylic acid groups (broad SMARTS) is 1. The smallest absolute Gasteiger partial charge is 0.336 e. The third-order valence-corrected chi connectivity index (χ3v) is 4.08. The van der Waals surface area contributed by atoms with Gasteiger partial charge in [0.2, 0.25) is 0 Å². The van der Waals surface area contributed by atoms with E-state index in [-0.39, 0.29) is 16.5 Å². The number of carbonyl (C=O) groups excluding carboxylic acids is 1. The second-order valence-corrected chi connectivity index (χ2v) is 5.76. The largest absolute Gasteiger partial charge is 0.478 e. The lowest BCUT2D eigenvalue weighted by atomic mass is 10.1. The summed E-state index contributed by atoms with van der Waals surface area (Å²) >= 11 is 1.42. The van der Waals surface area contributed by atoms with E-state index in [0.717, 1.165) is 0 Å². The topological polar surface area (TPSA) is 90.8 Å². The maximum atomic E-state index is 12.1. The highest BCUT2D eigenvalue weighted by Gasteiger charge is 2.24. The van der Waals surface area contributed by atoms with E-state index in [1.807, 2.05) is 13.8 Å². The number of amides is 1. The zero-order valence-electron chi connectivity index (χ0n) is 11.1. The molecule has 0 radical (unpaired) electrons. The number of nitrogens with one attached hydrogen (secondary N) is 2. The van der Waals surface area contributed by atoms with E-state index in [1.165, 1.54) is 23.9 Å². The Kier molecular flexibility index (Phi) is 4.29. The van der Waals surface area contributed by atoms with Gasteiger partial charge in [0, 0.05) is 0 Å². The molecule has 1 amide bonds. The van der Waals surface area contributed by atoms with Crippen LogP contribution in [0.4, 0.5) is 0 Å². The zero-order valence-corrected chi connectivity index (χ0v) is 11.9. The van der Waals surface area contributed by atoms with Crippen molar-refractivity contribution in [3.63, 3.8) is 0 Å². The van der Waals surface area contributed by atoms with Crippen molar-refractivity contribution in [3.05, 3.63) is 35.4 Å². The molecule has 1 aromatic carbocycles. The summed E-state index contributed by atoms with van der Waals surface area (Å²) in [6.45, 7) is 4.09. The molecule has 1 aliphatic rings. The minimum absolute atomic E-state index is 0.0260. The minimum Gasteiger partial charge on any atom is -0.478 e. The van der Waals surface area contributed by atoms with Crippen LogP contribution in [0.25, 0.3) is 0 Å². The molecule has 0 saturated carbocycles. The lowest BCUT2D eigenvalue weighted by Gasteiger charge is -2.12. The number of rotatable bonds is 3. The second-order valence-electron chi connectivity index (χ2n) is 4.63. The van der Waals surface area contributed by atoms with Crippen LogP contribution in [0.2, 0.25) is 0 Å². The molecule has 0 aromatic heterocycles. The second kappa shape index (κ2) is 5.96. The molecule has 0 saturated heterocycles. The minimum atomic E-state index is -1.13. The van der Waals surface area contributed by atoms with Gasteiger partial charge in [-0.1, -0.05) is 37.7 Å².